The van der Waals surface area contributed by atoms with Gasteiger partial charge in [0.2, 0.25) is 0 Å². The zero-order valence-electron chi connectivity index (χ0n) is 17.7. The van der Waals surface area contributed by atoms with Crippen LogP contribution in [0.15, 0.2) is 88.8 Å². The second kappa shape index (κ2) is 8.47. The van der Waals surface area contributed by atoms with Gasteiger partial charge >= 0.3 is 5.97 Å². The SMILES string of the molecule is COC(=O)c1ccc(Oc2ccc(N=Cc3c(=O)[nH]c4ccc5[nH]cccc5c34)cc2)cc1. The van der Waals surface area contributed by atoms with Crippen molar-refractivity contribution >= 4 is 39.7 Å². The van der Waals surface area contributed by atoms with E-state index in [1.54, 1.807) is 54.7 Å². The number of H-pyrrole nitrogens is 2. The standard InChI is InChI=1S/C26H19N3O4/c1-32-26(31)16-4-8-18(9-5-16)33-19-10-6-17(7-11-19)28-15-21-24-20-3-2-14-27-22(20)12-13-23(24)29-25(21)30/h2-15,27H,1H3,(H,29,30). The summed E-state index contributed by atoms with van der Waals surface area (Å²) in [4.78, 5) is 34.6. The summed E-state index contributed by atoms with van der Waals surface area (Å²) in [5, 5.41) is 1.80. The van der Waals surface area contributed by atoms with Crippen LogP contribution in [0.1, 0.15) is 15.9 Å². The number of hydrogen-bond acceptors (Lipinski definition) is 5. The Hall–Kier alpha value is -4.65. The molecule has 0 bridgehead atoms. The quantitative estimate of drug-likeness (QED) is 0.287. The Morgan fingerprint density at radius 1 is 0.909 bits per heavy atom. The van der Waals surface area contributed by atoms with Gasteiger partial charge < -0.3 is 19.4 Å². The van der Waals surface area contributed by atoms with Crippen LogP contribution in [0.5, 0.6) is 11.5 Å². The van der Waals surface area contributed by atoms with E-state index in [0.717, 1.165) is 21.8 Å². The molecular weight excluding hydrogens is 418 g/mol. The number of ether oxygens (including phenoxy) is 2. The van der Waals surface area contributed by atoms with Crippen LogP contribution in [-0.2, 0) is 4.74 Å². The fraction of sp³-hybridized carbons (Fsp3) is 0.0385. The van der Waals surface area contributed by atoms with Crippen molar-refractivity contribution in [3.8, 4) is 11.5 Å². The molecule has 0 aliphatic carbocycles. The van der Waals surface area contributed by atoms with Gasteiger partial charge in [-0.3, -0.25) is 9.79 Å². The van der Waals surface area contributed by atoms with Crippen molar-refractivity contribution in [2.24, 2.45) is 4.99 Å². The molecule has 0 aliphatic rings. The minimum absolute atomic E-state index is 0.180. The lowest BCUT2D eigenvalue weighted by Crippen LogP contribution is -2.04. The molecule has 7 nitrogen and oxygen atoms in total. The van der Waals surface area contributed by atoms with Gasteiger partial charge in [0.15, 0.2) is 0 Å². The Bertz CT molecular complexity index is 1550. The molecule has 3 aromatic carbocycles. The molecule has 2 aromatic heterocycles. The topological polar surface area (TPSA) is 96.5 Å². The summed E-state index contributed by atoms with van der Waals surface area (Å²) >= 11 is 0. The molecule has 0 spiro atoms. The predicted molar refractivity (Wildman–Crippen MR) is 128 cm³/mol. The minimum atomic E-state index is -0.397. The van der Waals surface area contributed by atoms with Crippen LogP contribution in [0.4, 0.5) is 5.69 Å². The van der Waals surface area contributed by atoms with E-state index in [9.17, 15) is 9.59 Å². The summed E-state index contributed by atoms with van der Waals surface area (Å²) in [5.74, 6) is 0.821. The summed E-state index contributed by atoms with van der Waals surface area (Å²) in [6.07, 6.45) is 3.44. The van der Waals surface area contributed by atoms with Gasteiger partial charge in [0.1, 0.15) is 11.5 Å². The number of aromatic nitrogens is 2. The summed E-state index contributed by atoms with van der Waals surface area (Å²) in [5.41, 5.74) is 3.19. The van der Waals surface area contributed by atoms with E-state index < -0.39 is 5.97 Å². The number of aliphatic imine (C=N–C) groups is 1. The Kier molecular flexibility index (Phi) is 5.20. The number of nitrogens with zero attached hydrogens (tertiary/aromatic N) is 1. The van der Waals surface area contributed by atoms with Gasteiger partial charge in [-0.15, -0.1) is 0 Å². The number of fused-ring (bicyclic) bond motifs is 3. The molecule has 7 heteroatoms. The van der Waals surface area contributed by atoms with Crippen molar-refractivity contribution in [3.05, 3.63) is 100 Å². The summed E-state index contributed by atoms with van der Waals surface area (Å²) in [6, 6.07) is 21.6. The van der Waals surface area contributed by atoms with Crippen molar-refractivity contribution in [3.63, 3.8) is 0 Å². The van der Waals surface area contributed by atoms with Crippen LogP contribution >= 0.6 is 0 Å². The summed E-state index contributed by atoms with van der Waals surface area (Å²) in [7, 11) is 1.34. The van der Waals surface area contributed by atoms with Crippen LogP contribution in [0.2, 0.25) is 0 Å². The molecule has 33 heavy (non-hydrogen) atoms. The number of hydrogen-bond donors (Lipinski definition) is 2. The monoisotopic (exact) mass is 437 g/mol. The molecule has 5 aromatic rings. The number of rotatable bonds is 5. The number of esters is 1. The maximum absolute atomic E-state index is 12.5. The number of aromatic amines is 2. The van der Waals surface area contributed by atoms with Crippen molar-refractivity contribution in [1.82, 2.24) is 9.97 Å². The molecule has 2 N–H and O–H groups in total. The number of carbonyl (C=O) groups excluding carboxylic acids is 1. The van der Waals surface area contributed by atoms with E-state index in [1.807, 2.05) is 30.5 Å². The highest BCUT2D eigenvalue weighted by atomic mass is 16.5. The molecule has 162 valence electrons. The van der Waals surface area contributed by atoms with Crippen molar-refractivity contribution in [1.29, 1.82) is 0 Å². The molecule has 5 rings (SSSR count). The lowest BCUT2D eigenvalue weighted by Gasteiger charge is -2.06. The molecule has 0 saturated heterocycles. The molecule has 0 aliphatic heterocycles. The summed E-state index contributed by atoms with van der Waals surface area (Å²) in [6.45, 7) is 0. The third kappa shape index (κ3) is 3.99. The molecule has 2 heterocycles. The zero-order chi connectivity index (χ0) is 22.8. The predicted octanol–water partition coefficient (Wildman–Crippen LogP) is 5.34. The third-order valence-electron chi connectivity index (χ3n) is 5.30. The highest BCUT2D eigenvalue weighted by Crippen LogP contribution is 2.26. The van der Waals surface area contributed by atoms with Crippen LogP contribution in [0.25, 0.3) is 21.8 Å². The van der Waals surface area contributed by atoms with E-state index in [4.69, 9.17) is 9.47 Å². The van der Waals surface area contributed by atoms with E-state index in [2.05, 4.69) is 15.0 Å². The second-order valence-corrected chi connectivity index (χ2v) is 7.36. The Morgan fingerprint density at radius 2 is 1.61 bits per heavy atom. The van der Waals surface area contributed by atoms with Gasteiger partial charge in [-0.05, 0) is 66.7 Å². The number of nitrogens with one attached hydrogen (secondary N) is 2. The average Bonchev–Trinajstić information content (AvgIpc) is 3.19. The van der Waals surface area contributed by atoms with Crippen LogP contribution < -0.4 is 10.3 Å². The molecule has 0 saturated carbocycles. The smallest absolute Gasteiger partial charge is 0.337 e. The fourth-order valence-corrected chi connectivity index (χ4v) is 3.67. The van der Waals surface area contributed by atoms with Gasteiger partial charge in [-0.2, -0.15) is 0 Å². The molecule has 0 atom stereocenters. The number of methoxy groups -OCH3 is 1. The highest BCUT2D eigenvalue weighted by molar-refractivity contribution is 6.13. The molecule has 0 amide bonds. The maximum Gasteiger partial charge on any atom is 0.337 e. The molecule has 0 fully saturated rings. The first-order chi connectivity index (χ1) is 16.1. The molecular formula is C26H19N3O4. The number of carbonyl (C=O) groups is 1. The van der Waals surface area contributed by atoms with Gasteiger partial charge in [0, 0.05) is 34.2 Å². The lowest BCUT2D eigenvalue weighted by atomic mass is 10.1. The van der Waals surface area contributed by atoms with E-state index >= 15 is 0 Å². The summed E-state index contributed by atoms with van der Waals surface area (Å²) < 4.78 is 10.5. The highest BCUT2D eigenvalue weighted by Gasteiger charge is 2.11. The second-order valence-electron chi connectivity index (χ2n) is 7.36. The van der Waals surface area contributed by atoms with Gasteiger partial charge in [0.25, 0.3) is 5.56 Å². The Morgan fingerprint density at radius 3 is 2.33 bits per heavy atom. The van der Waals surface area contributed by atoms with Crippen molar-refractivity contribution in [2.45, 2.75) is 0 Å². The van der Waals surface area contributed by atoms with Crippen LogP contribution in [-0.4, -0.2) is 29.3 Å². The van der Waals surface area contributed by atoms with Crippen LogP contribution in [0, 0.1) is 0 Å². The zero-order valence-corrected chi connectivity index (χ0v) is 17.7. The van der Waals surface area contributed by atoms with Crippen molar-refractivity contribution in [2.75, 3.05) is 7.11 Å². The first-order valence-electron chi connectivity index (χ1n) is 10.2. The first kappa shape index (κ1) is 20.3. The van der Waals surface area contributed by atoms with Gasteiger partial charge in [0.05, 0.1) is 23.9 Å². The molecule has 0 unspecified atom stereocenters. The van der Waals surface area contributed by atoms with Gasteiger partial charge in [-0.1, -0.05) is 6.07 Å². The largest absolute Gasteiger partial charge is 0.465 e. The third-order valence-corrected chi connectivity index (χ3v) is 5.30. The van der Waals surface area contributed by atoms with E-state index in [-0.39, 0.29) is 5.56 Å². The minimum Gasteiger partial charge on any atom is -0.465 e. The van der Waals surface area contributed by atoms with Gasteiger partial charge in [-0.25, -0.2) is 4.79 Å². The Labute approximate surface area is 188 Å². The fourth-order valence-electron chi connectivity index (χ4n) is 3.67. The normalized spacial score (nSPS) is 11.3. The number of pyridine rings is 1. The maximum atomic E-state index is 12.5. The van der Waals surface area contributed by atoms with Crippen LogP contribution in [0.3, 0.4) is 0 Å². The molecule has 0 radical (unpaired) electrons. The number of benzene rings is 3. The first-order valence-corrected chi connectivity index (χ1v) is 10.2. The van der Waals surface area contributed by atoms with Crippen molar-refractivity contribution < 1.29 is 14.3 Å². The van der Waals surface area contributed by atoms with E-state index in [1.165, 1.54) is 7.11 Å². The van der Waals surface area contributed by atoms with E-state index in [0.29, 0.717) is 28.3 Å². The average molecular weight is 437 g/mol. The lowest BCUT2D eigenvalue weighted by molar-refractivity contribution is 0.0600. The Balaban J connectivity index is 1.38.